The summed E-state index contributed by atoms with van der Waals surface area (Å²) in [6.07, 6.45) is 1.05. The number of nitrogens with zero attached hydrogens (tertiary/aromatic N) is 2. The second kappa shape index (κ2) is 9.63. The van der Waals surface area contributed by atoms with Gasteiger partial charge in [-0.2, -0.15) is 4.39 Å². The van der Waals surface area contributed by atoms with E-state index < -0.39 is 23.6 Å². The quantitative estimate of drug-likeness (QED) is 0.523. The van der Waals surface area contributed by atoms with Crippen molar-refractivity contribution in [1.82, 2.24) is 9.88 Å². The molecular formula is C27H28FN3O3. The summed E-state index contributed by atoms with van der Waals surface area (Å²) in [5.74, 6) is -1.25. The van der Waals surface area contributed by atoms with E-state index in [1.807, 2.05) is 63.2 Å². The van der Waals surface area contributed by atoms with Gasteiger partial charge >= 0.3 is 6.09 Å². The highest BCUT2D eigenvalue weighted by molar-refractivity contribution is 5.94. The van der Waals surface area contributed by atoms with E-state index in [1.54, 1.807) is 23.1 Å². The number of halogens is 1. The minimum Gasteiger partial charge on any atom is -0.444 e. The molecule has 1 aromatic heterocycles. The number of nitrogens with one attached hydrogen (secondary N) is 1. The van der Waals surface area contributed by atoms with E-state index in [0.29, 0.717) is 12.2 Å². The molecule has 4 rings (SSSR count). The lowest BCUT2D eigenvalue weighted by Crippen LogP contribution is -2.36. The Morgan fingerprint density at radius 3 is 2.26 bits per heavy atom. The molecule has 1 saturated heterocycles. The lowest BCUT2D eigenvalue weighted by Gasteiger charge is -2.24. The third-order valence-corrected chi connectivity index (χ3v) is 5.75. The van der Waals surface area contributed by atoms with Crippen molar-refractivity contribution in [2.24, 2.45) is 5.92 Å². The Morgan fingerprint density at radius 2 is 1.65 bits per heavy atom. The van der Waals surface area contributed by atoms with Gasteiger partial charge in [0, 0.05) is 36.5 Å². The van der Waals surface area contributed by atoms with Crippen molar-refractivity contribution < 1.29 is 18.7 Å². The molecule has 0 aliphatic carbocycles. The Kier molecular flexibility index (Phi) is 6.63. The van der Waals surface area contributed by atoms with Crippen LogP contribution in [0.5, 0.6) is 0 Å². The van der Waals surface area contributed by atoms with Gasteiger partial charge in [-0.3, -0.25) is 4.79 Å². The van der Waals surface area contributed by atoms with Gasteiger partial charge in [0.05, 0.1) is 5.92 Å². The van der Waals surface area contributed by atoms with Gasteiger partial charge in [0.15, 0.2) is 0 Å². The molecule has 3 aromatic rings. The van der Waals surface area contributed by atoms with E-state index in [0.717, 1.165) is 16.7 Å². The maximum Gasteiger partial charge on any atom is 0.410 e. The second-order valence-electron chi connectivity index (χ2n) is 9.45. The topological polar surface area (TPSA) is 71.5 Å². The molecule has 176 valence electrons. The third kappa shape index (κ3) is 5.60. The molecule has 2 aromatic carbocycles. The van der Waals surface area contributed by atoms with Crippen LogP contribution in [0.15, 0.2) is 72.9 Å². The average Bonchev–Trinajstić information content (AvgIpc) is 3.26. The van der Waals surface area contributed by atoms with Crippen LogP contribution in [-0.2, 0) is 9.53 Å². The van der Waals surface area contributed by atoms with Crippen molar-refractivity contribution in [2.75, 3.05) is 18.4 Å². The molecule has 0 saturated carbocycles. The third-order valence-electron chi connectivity index (χ3n) is 5.75. The number of pyridine rings is 1. The molecule has 0 spiro atoms. The van der Waals surface area contributed by atoms with Crippen LogP contribution in [0.25, 0.3) is 11.1 Å². The summed E-state index contributed by atoms with van der Waals surface area (Å²) < 4.78 is 18.6. The standard InChI is InChI=1S/C27H28FN3O3/c1-27(2,3)34-26(33)31-16-22(19-7-5-4-6-8-19)23(17-31)25(32)30-21-12-9-18(10-13-21)20-11-14-24(28)29-15-20/h4-15,22-23H,16-17H2,1-3H3,(H,30,32)/t22-,23+/m0/s1. The van der Waals surface area contributed by atoms with Crippen LogP contribution < -0.4 is 5.32 Å². The van der Waals surface area contributed by atoms with E-state index in [1.165, 1.54) is 12.3 Å². The predicted octanol–water partition coefficient (Wildman–Crippen LogP) is 5.48. The first-order chi connectivity index (χ1) is 16.2. The van der Waals surface area contributed by atoms with Crippen molar-refractivity contribution in [3.8, 4) is 11.1 Å². The van der Waals surface area contributed by atoms with E-state index >= 15 is 0 Å². The Morgan fingerprint density at radius 1 is 0.971 bits per heavy atom. The van der Waals surface area contributed by atoms with Gasteiger partial charge in [-0.05, 0) is 56.2 Å². The highest BCUT2D eigenvalue weighted by Crippen LogP contribution is 2.34. The first-order valence-electron chi connectivity index (χ1n) is 11.3. The summed E-state index contributed by atoms with van der Waals surface area (Å²) in [7, 11) is 0. The van der Waals surface area contributed by atoms with E-state index in [9.17, 15) is 14.0 Å². The van der Waals surface area contributed by atoms with Crippen LogP contribution in [0.4, 0.5) is 14.9 Å². The summed E-state index contributed by atoms with van der Waals surface area (Å²) in [6.45, 7) is 6.16. The lowest BCUT2D eigenvalue weighted by atomic mass is 9.88. The second-order valence-corrected chi connectivity index (χ2v) is 9.45. The number of carbonyl (C=O) groups is 2. The van der Waals surface area contributed by atoms with Crippen LogP contribution in [0, 0.1) is 11.9 Å². The van der Waals surface area contributed by atoms with Crippen molar-refractivity contribution in [3.63, 3.8) is 0 Å². The van der Waals surface area contributed by atoms with E-state index in [-0.39, 0.29) is 18.4 Å². The predicted molar refractivity (Wildman–Crippen MR) is 129 cm³/mol. The molecule has 0 radical (unpaired) electrons. The number of carbonyl (C=O) groups excluding carboxylic acids is 2. The molecule has 1 aliphatic heterocycles. The fourth-order valence-corrected chi connectivity index (χ4v) is 4.11. The van der Waals surface area contributed by atoms with Crippen molar-refractivity contribution in [3.05, 3.63) is 84.4 Å². The number of aromatic nitrogens is 1. The maximum absolute atomic E-state index is 13.3. The zero-order chi connectivity index (χ0) is 24.3. The molecule has 1 aliphatic rings. The SMILES string of the molecule is CC(C)(C)OC(=O)N1C[C@@H](C(=O)Nc2ccc(-c3ccc(F)nc3)cc2)[C@H](c2ccccc2)C1. The molecular weight excluding hydrogens is 433 g/mol. The van der Waals surface area contributed by atoms with Crippen LogP contribution in [-0.4, -0.2) is 40.6 Å². The van der Waals surface area contributed by atoms with Gasteiger partial charge in [0.1, 0.15) is 5.60 Å². The molecule has 6 nitrogen and oxygen atoms in total. The Balaban J connectivity index is 1.50. The van der Waals surface area contributed by atoms with E-state index in [2.05, 4.69) is 10.3 Å². The van der Waals surface area contributed by atoms with E-state index in [4.69, 9.17) is 4.74 Å². The van der Waals surface area contributed by atoms with Gasteiger partial charge in [0.2, 0.25) is 11.9 Å². The van der Waals surface area contributed by atoms with Gasteiger partial charge in [-0.15, -0.1) is 0 Å². The molecule has 34 heavy (non-hydrogen) atoms. The molecule has 2 amide bonds. The number of likely N-dealkylation sites (tertiary alicyclic amines) is 1. The molecule has 7 heteroatoms. The van der Waals surface area contributed by atoms with Gasteiger partial charge in [-0.1, -0.05) is 42.5 Å². The molecule has 1 N–H and O–H groups in total. The summed E-state index contributed by atoms with van der Waals surface area (Å²) >= 11 is 0. The average molecular weight is 462 g/mol. The fraction of sp³-hybridized carbons (Fsp3) is 0.296. The first kappa shape index (κ1) is 23.4. The number of hydrogen-bond donors (Lipinski definition) is 1. The highest BCUT2D eigenvalue weighted by Gasteiger charge is 2.41. The van der Waals surface area contributed by atoms with Crippen LogP contribution in [0.3, 0.4) is 0 Å². The summed E-state index contributed by atoms with van der Waals surface area (Å²) in [5.41, 5.74) is 2.69. The van der Waals surface area contributed by atoms with Crippen molar-refractivity contribution >= 4 is 17.7 Å². The normalized spacial score (nSPS) is 17.9. The van der Waals surface area contributed by atoms with Gasteiger partial charge in [-0.25, -0.2) is 9.78 Å². The van der Waals surface area contributed by atoms with Crippen LogP contribution >= 0.6 is 0 Å². The number of ether oxygens (including phenoxy) is 1. The minimum atomic E-state index is -0.610. The van der Waals surface area contributed by atoms with Crippen LogP contribution in [0.2, 0.25) is 0 Å². The fourth-order valence-electron chi connectivity index (χ4n) is 4.11. The van der Waals surface area contributed by atoms with Crippen molar-refractivity contribution in [2.45, 2.75) is 32.3 Å². The number of hydrogen-bond acceptors (Lipinski definition) is 4. The summed E-state index contributed by atoms with van der Waals surface area (Å²) in [6, 6.07) is 20.0. The molecule has 0 bridgehead atoms. The van der Waals surface area contributed by atoms with Crippen LogP contribution in [0.1, 0.15) is 32.3 Å². The van der Waals surface area contributed by atoms with Crippen molar-refractivity contribution in [1.29, 1.82) is 0 Å². The molecule has 1 fully saturated rings. The maximum atomic E-state index is 13.3. The first-order valence-corrected chi connectivity index (χ1v) is 11.3. The smallest absolute Gasteiger partial charge is 0.410 e. The zero-order valence-electron chi connectivity index (χ0n) is 19.5. The molecule has 2 atom stereocenters. The number of benzene rings is 2. The monoisotopic (exact) mass is 461 g/mol. The summed E-state index contributed by atoms with van der Waals surface area (Å²) in [4.78, 5) is 31.3. The Labute approximate surface area is 198 Å². The number of amides is 2. The highest BCUT2D eigenvalue weighted by atomic mass is 19.1. The van der Waals surface area contributed by atoms with Gasteiger partial charge < -0.3 is 15.0 Å². The molecule has 2 heterocycles. The zero-order valence-corrected chi connectivity index (χ0v) is 19.5. The summed E-state index contributed by atoms with van der Waals surface area (Å²) in [5, 5.41) is 2.99. The Hall–Kier alpha value is -3.74. The number of rotatable bonds is 4. The molecule has 0 unspecified atom stereocenters. The number of anilines is 1. The Bertz CT molecular complexity index is 1140. The van der Waals surface area contributed by atoms with Gasteiger partial charge in [0.25, 0.3) is 0 Å². The largest absolute Gasteiger partial charge is 0.444 e. The minimum absolute atomic E-state index is 0.140. The lowest BCUT2D eigenvalue weighted by molar-refractivity contribution is -0.119.